The quantitative estimate of drug-likeness (QED) is 0.594. The highest BCUT2D eigenvalue weighted by molar-refractivity contribution is 7.89. The SMILES string of the molecule is CCNCC1CCN(S(=O)(=O)c2c(C)cc([N+](=O)[O-])cc2C)CC1.Cl. The van der Waals surface area contributed by atoms with E-state index >= 15 is 0 Å². The standard InChI is InChI=1S/C16H25N3O4S.ClH/c1-4-17-11-14-5-7-18(8-6-14)24(22,23)16-12(2)9-15(19(20)21)10-13(16)3;/h9-10,14,17H,4-8,11H2,1-3H3;1H. The van der Waals surface area contributed by atoms with Crippen LogP contribution in [-0.4, -0.2) is 43.8 Å². The summed E-state index contributed by atoms with van der Waals surface area (Å²) in [5.41, 5.74) is 0.779. The zero-order valence-electron chi connectivity index (χ0n) is 14.8. The molecule has 1 saturated heterocycles. The number of nitro groups is 1. The molecule has 0 unspecified atom stereocenters. The molecule has 0 aliphatic carbocycles. The van der Waals surface area contributed by atoms with Gasteiger partial charge in [-0.05, 0) is 56.8 Å². The maximum Gasteiger partial charge on any atom is 0.270 e. The van der Waals surface area contributed by atoms with Crippen molar-refractivity contribution in [2.24, 2.45) is 5.92 Å². The molecule has 0 spiro atoms. The number of nitrogens with one attached hydrogen (secondary N) is 1. The maximum absolute atomic E-state index is 13.0. The van der Waals surface area contributed by atoms with E-state index in [0.29, 0.717) is 30.1 Å². The summed E-state index contributed by atoms with van der Waals surface area (Å²) >= 11 is 0. The van der Waals surface area contributed by atoms with Crippen molar-refractivity contribution in [1.82, 2.24) is 9.62 Å². The van der Waals surface area contributed by atoms with Crippen LogP contribution in [0.4, 0.5) is 5.69 Å². The van der Waals surface area contributed by atoms with E-state index in [1.807, 2.05) is 0 Å². The first kappa shape index (κ1) is 21.8. The fourth-order valence-corrected chi connectivity index (χ4v) is 5.15. The molecule has 1 aromatic carbocycles. The molecule has 1 fully saturated rings. The molecule has 0 bridgehead atoms. The van der Waals surface area contributed by atoms with E-state index in [1.54, 1.807) is 13.8 Å². The molecule has 7 nitrogen and oxygen atoms in total. The zero-order chi connectivity index (χ0) is 17.9. The molecule has 142 valence electrons. The lowest BCUT2D eigenvalue weighted by Crippen LogP contribution is -2.41. The van der Waals surface area contributed by atoms with Crippen LogP contribution in [0.15, 0.2) is 17.0 Å². The van der Waals surface area contributed by atoms with Crippen molar-refractivity contribution in [2.75, 3.05) is 26.2 Å². The summed E-state index contributed by atoms with van der Waals surface area (Å²) in [5, 5.41) is 14.2. The molecule has 0 amide bonds. The molecular weight excluding hydrogens is 366 g/mol. The van der Waals surface area contributed by atoms with Crippen molar-refractivity contribution in [3.63, 3.8) is 0 Å². The minimum absolute atomic E-state index is 0. The van der Waals surface area contributed by atoms with Crippen molar-refractivity contribution in [3.05, 3.63) is 33.4 Å². The fraction of sp³-hybridized carbons (Fsp3) is 0.625. The second-order valence-electron chi connectivity index (χ2n) is 6.32. The average Bonchev–Trinajstić information content (AvgIpc) is 2.52. The van der Waals surface area contributed by atoms with Gasteiger partial charge in [0, 0.05) is 25.2 Å². The van der Waals surface area contributed by atoms with E-state index in [4.69, 9.17) is 0 Å². The molecule has 0 aromatic heterocycles. The van der Waals surface area contributed by atoms with Crippen molar-refractivity contribution in [2.45, 2.75) is 38.5 Å². The van der Waals surface area contributed by atoms with Crippen LogP contribution >= 0.6 is 12.4 Å². The van der Waals surface area contributed by atoms with Crippen LogP contribution < -0.4 is 5.32 Å². The van der Waals surface area contributed by atoms with Gasteiger partial charge in [0.1, 0.15) is 0 Å². The molecule has 9 heteroatoms. The van der Waals surface area contributed by atoms with Gasteiger partial charge in [-0.2, -0.15) is 4.31 Å². The number of halogens is 1. The van der Waals surface area contributed by atoms with Gasteiger partial charge in [-0.3, -0.25) is 10.1 Å². The Hall–Kier alpha value is -1.22. The summed E-state index contributed by atoms with van der Waals surface area (Å²) in [6, 6.07) is 2.66. The lowest BCUT2D eigenvalue weighted by molar-refractivity contribution is -0.385. The molecular formula is C16H26ClN3O4S. The van der Waals surface area contributed by atoms with E-state index in [0.717, 1.165) is 25.9 Å². The Morgan fingerprint density at radius 3 is 2.20 bits per heavy atom. The Kier molecular flexibility index (Phi) is 7.80. The van der Waals surface area contributed by atoms with Crippen LogP contribution in [0, 0.1) is 29.9 Å². The highest BCUT2D eigenvalue weighted by Gasteiger charge is 2.32. The molecule has 1 heterocycles. The molecule has 1 N–H and O–H groups in total. The van der Waals surface area contributed by atoms with Crippen molar-refractivity contribution in [3.8, 4) is 0 Å². The normalized spacial score (nSPS) is 16.4. The molecule has 0 atom stereocenters. The summed E-state index contributed by atoms with van der Waals surface area (Å²) in [6.45, 7) is 8.11. The minimum atomic E-state index is -3.62. The third-order valence-corrected chi connectivity index (χ3v) is 6.72. The highest BCUT2D eigenvalue weighted by Crippen LogP contribution is 2.30. The Morgan fingerprint density at radius 2 is 1.76 bits per heavy atom. The van der Waals surface area contributed by atoms with Crippen LogP contribution in [0.25, 0.3) is 0 Å². The summed E-state index contributed by atoms with van der Waals surface area (Å²) in [5.74, 6) is 0.496. The summed E-state index contributed by atoms with van der Waals surface area (Å²) in [7, 11) is -3.62. The molecule has 0 saturated carbocycles. The van der Waals surface area contributed by atoms with Gasteiger partial charge in [-0.1, -0.05) is 6.92 Å². The summed E-state index contributed by atoms with van der Waals surface area (Å²) < 4.78 is 27.5. The van der Waals surface area contributed by atoms with Crippen LogP contribution in [0.5, 0.6) is 0 Å². The van der Waals surface area contributed by atoms with Crippen molar-refractivity contribution < 1.29 is 13.3 Å². The van der Waals surface area contributed by atoms with Crippen molar-refractivity contribution in [1.29, 1.82) is 0 Å². The third-order valence-electron chi connectivity index (χ3n) is 4.51. The number of aryl methyl sites for hydroxylation is 2. The van der Waals surface area contributed by atoms with Gasteiger partial charge >= 0.3 is 0 Å². The van der Waals surface area contributed by atoms with Crippen LogP contribution in [-0.2, 0) is 10.0 Å². The first-order chi connectivity index (χ1) is 11.3. The molecule has 25 heavy (non-hydrogen) atoms. The topological polar surface area (TPSA) is 92.6 Å². The van der Waals surface area contributed by atoms with Crippen molar-refractivity contribution >= 4 is 28.1 Å². The summed E-state index contributed by atoms with van der Waals surface area (Å²) in [4.78, 5) is 10.6. The maximum atomic E-state index is 13.0. The third kappa shape index (κ3) is 4.91. The van der Waals surface area contributed by atoms with Gasteiger partial charge in [-0.25, -0.2) is 8.42 Å². The predicted molar refractivity (Wildman–Crippen MR) is 99.8 cm³/mol. The zero-order valence-corrected chi connectivity index (χ0v) is 16.5. The van der Waals surface area contributed by atoms with E-state index in [9.17, 15) is 18.5 Å². The highest BCUT2D eigenvalue weighted by atomic mass is 35.5. The number of benzene rings is 1. The molecule has 1 aliphatic rings. The Morgan fingerprint density at radius 1 is 1.24 bits per heavy atom. The van der Waals surface area contributed by atoms with E-state index < -0.39 is 14.9 Å². The molecule has 0 radical (unpaired) electrons. The number of non-ortho nitro benzene ring substituents is 1. The second kappa shape index (κ2) is 8.93. The summed E-state index contributed by atoms with van der Waals surface area (Å²) in [6.07, 6.45) is 1.66. The van der Waals surface area contributed by atoms with Crippen LogP contribution in [0.3, 0.4) is 0 Å². The number of sulfonamides is 1. The number of nitro benzene ring substituents is 1. The Labute approximate surface area is 155 Å². The minimum Gasteiger partial charge on any atom is -0.317 e. The molecule has 1 aliphatic heterocycles. The van der Waals surface area contributed by atoms with Gasteiger partial charge in [0.05, 0.1) is 9.82 Å². The van der Waals surface area contributed by atoms with Gasteiger partial charge < -0.3 is 5.32 Å². The van der Waals surface area contributed by atoms with Crippen LogP contribution in [0.1, 0.15) is 30.9 Å². The predicted octanol–water partition coefficient (Wildman–Crippen LogP) is 2.64. The second-order valence-corrected chi connectivity index (χ2v) is 8.20. The average molecular weight is 392 g/mol. The van der Waals surface area contributed by atoms with Gasteiger partial charge in [-0.15, -0.1) is 12.4 Å². The lowest BCUT2D eigenvalue weighted by Gasteiger charge is -2.32. The van der Waals surface area contributed by atoms with Gasteiger partial charge in [0.25, 0.3) is 5.69 Å². The van der Waals surface area contributed by atoms with Gasteiger partial charge in [0.15, 0.2) is 0 Å². The first-order valence-corrected chi connectivity index (χ1v) is 9.67. The first-order valence-electron chi connectivity index (χ1n) is 8.23. The molecule has 2 rings (SSSR count). The van der Waals surface area contributed by atoms with E-state index in [-0.39, 0.29) is 23.0 Å². The Bertz CT molecular complexity index is 693. The number of hydrogen-bond acceptors (Lipinski definition) is 5. The van der Waals surface area contributed by atoms with Crippen LogP contribution in [0.2, 0.25) is 0 Å². The van der Waals surface area contributed by atoms with E-state index in [1.165, 1.54) is 16.4 Å². The fourth-order valence-electron chi connectivity index (χ4n) is 3.27. The molecule has 1 aromatic rings. The number of piperidine rings is 1. The smallest absolute Gasteiger partial charge is 0.270 e. The number of hydrogen-bond donors (Lipinski definition) is 1. The Balaban J connectivity index is 0.00000312. The number of nitrogens with zero attached hydrogens (tertiary/aromatic N) is 2. The monoisotopic (exact) mass is 391 g/mol. The van der Waals surface area contributed by atoms with Gasteiger partial charge in [0.2, 0.25) is 10.0 Å². The largest absolute Gasteiger partial charge is 0.317 e. The van der Waals surface area contributed by atoms with E-state index in [2.05, 4.69) is 12.2 Å². The number of rotatable bonds is 6. The lowest BCUT2D eigenvalue weighted by atomic mass is 9.98.